The summed E-state index contributed by atoms with van der Waals surface area (Å²) in [6.07, 6.45) is 0. The van der Waals surface area contributed by atoms with Crippen molar-refractivity contribution in [2.45, 2.75) is 44.9 Å². The molecule has 1 saturated heterocycles. The van der Waals surface area contributed by atoms with Gasteiger partial charge < -0.3 is 24.1 Å². The molecular weight excluding hydrogens is 419 g/mol. The van der Waals surface area contributed by atoms with E-state index in [1.807, 2.05) is 0 Å². The van der Waals surface area contributed by atoms with Gasteiger partial charge in [0.15, 0.2) is 15.1 Å². The summed E-state index contributed by atoms with van der Waals surface area (Å²) in [4.78, 5) is 14.2. The van der Waals surface area contributed by atoms with Crippen molar-refractivity contribution in [2.75, 3.05) is 33.6 Å². The standard InChI is InChI=1S/C19H30Cl2N2O4Si/c1-19(2,3)28(5,6)27-10-9-23-11-14(22-18(23)24)16-15(26-12-25-4)8-7-13(20)17(16)21/h7-8,14H,9-12H2,1-6H3,(H,22,24)/t14-/m1/s1. The first-order valence-corrected chi connectivity index (χ1v) is 12.9. The first kappa shape index (κ1) is 23.3. The minimum Gasteiger partial charge on any atom is -0.467 e. The number of hydrogen-bond acceptors (Lipinski definition) is 4. The Kier molecular flexibility index (Phi) is 7.67. The van der Waals surface area contributed by atoms with Crippen LogP contribution in [0, 0.1) is 0 Å². The number of methoxy groups -OCH3 is 1. The van der Waals surface area contributed by atoms with Crippen molar-refractivity contribution in [1.82, 2.24) is 10.2 Å². The lowest BCUT2D eigenvalue weighted by atomic mass is 10.1. The van der Waals surface area contributed by atoms with Crippen LogP contribution in [0.25, 0.3) is 0 Å². The fraction of sp³-hybridized carbons (Fsp3) is 0.632. The maximum absolute atomic E-state index is 12.5. The molecule has 1 aliphatic heterocycles. The summed E-state index contributed by atoms with van der Waals surface area (Å²) in [7, 11) is -0.311. The number of carbonyl (C=O) groups excluding carboxylic acids is 1. The number of benzene rings is 1. The lowest BCUT2D eigenvalue weighted by Crippen LogP contribution is -2.43. The van der Waals surface area contributed by atoms with Crippen molar-refractivity contribution >= 4 is 37.6 Å². The van der Waals surface area contributed by atoms with Crippen LogP contribution in [0.2, 0.25) is 28.2 Å². The number of halogens is 2. The molecule has 2 rings (SSSR count). The maximum atomic E-state index is 12.5. The van der Waals surface area contributed by atoms with Crippen LogP contribution in [-0.2, 0) is 9.16 Å². The minimum atomic E-state index is -1.85. The Morgan fingerprint density at radius 1 is 1.29 bits per heavy atom. The van der Waals surface area contributed by atoms with E-state index in [4.69, 9.17) is 37.1 Å². The summed E-state index contributed by atoms with van der Waals surface area (Å²) in [6.45, 7) is 12.5. The molecule has 1 aromatic rings. The third-order valence-electron chi connectivity index (χ3n) is 5.39. The second-order valence-electron chi connectivity index (χ2n) is 8.38. The molecule has 6 nitrogen and oxygen atoms in total. The lowest BCUT2D eigenvalue weighted by Gasteiger charge is -2.36. The molecule has 9 heteroatoms. The van der Waals surface area contributed by atoms with Gasteiger partial charge in [-0.1, -0.05) is 44.0 Å². The minimum absolute atomic E-state index is 0.0791. The zero-order chi connectivity index (χ0) is 21.1. The topological polar surface area (TPSA) is 60.0 Å². The second kappa shape index (κ2) is 9.22. The molecule has 0 spiro atoms. The van der Waals surface area contributed by atoms with E-state index < -0.39 is 8.32 Å². The second-order valence-corrected chi connectivity index (χ2v) is 14.0. The van der Waals surface area contributed by atoms with Crippen LogP contribution in [-0.4, -0.2) is 52.8 Å². The Hall–Kier alpha value is -0.993. The number of nitrogens with one attached hydrogen (secondary N) is 1. The van der Waals surface area contributed by atoms with Crippen LogP contribution >= 0.6 is 23.2 Å². The van der Waals surface area contributed by atoms with Gasteiger partial charge in [-0.2, -0.15) is 0 Å². The van der Waals surface area contributed by atoms with Gasteiger partial charge in [0.2, 0.25) is 0 Å². The Labute approximate surface area is 178 Å². The van der Waals surface area contributed by atoms with Crippen LogP contribution < -0.4 is 10.1 Å². The predicted molar refractivity (Wildman–Crippen MR) is 115 cm³/mol. The van der Waals surface area contributed by atoms with Gasteiger partial charge in [-0.3, -0.25) is 0 Å². The average Bonchev–Trinajstić information content (AvgIpc) is 2.95. The van der Waals surface area contributed by atoms with Crippen molar-refractivity contribution in [1.29, 1.82) is 0 Å². The number of rotatable bonds is 8. The molecule has 0 saturated carbocycles. The summed E-state index contributed by atoms with van der Waals surface area (Å²) < 4.78 is 16.8. The summed E-state index contributed by atoms with van der Waals surface area (Å²) in [5.74, 6) is 0.543. The average molecular weight is 449 g/mol. The normalized spacial score (nSPS) is 17.8. The molecule has 0 unspecified atom stereocenters. The van der Waals surface area contributed by atoms with Gasteiger partial charge in [-0.15, -0.1) is 0 Å². The Bertz CT molecular complexity index is 710. The van der Waals surface area contributed by atoms with E-state index in [0.717, 1.165) is 0 Å². The third-order valence-corrected chi connectivity index (χ3v) is 10.7. The molecule has 0 radical (unpaired) electrons. The van der Waals surface area contributed by atoms with E-state index in [2.05, 4.69) is 39.2 Å². The van der Waals surface area contributed by atoms with Crippen LogP contribution in [0.3, 0.4) is 0 Å². The molecule has 1 heterocycles. The molecule has 1 atom stereocenters. The van der Waals surface area contributed by atoms with Crippen LogP contribution in [0.1, 0.15) is 32.4 Å². The SMILES string of the molecule is COCOc1ccc(Cl)c(Cl)c1[C@H]1CN(CCO[Si](C)(C)C(C)(C)C)C(=O)N1. The highest BCUT2D eigenvalue weighted by molar-refractivity contribution is 6.74. The van der Waals surface area contributed by atoms with E-state index in [0.29, 0.717) is 41.1 Å². The third kappa shape index (κ3) is 5.33. The van der Waals surface area contributed by atoms with Crippen molar-refractivity contribution in [3.63, 3.8) is 0 Å². The molecule has 1 fully saturated rings. The van der Waals surface area contributed by atoms with Crippen molar-refractivity contribution < 1.29 is 18.7 Å². The van der Waals surface area contributed by atoms with Crippen LogP contribution in [0.5, 0.6) is 5.75 Å². The van der Waals surface area contributed by atoms with E-state index >= 15 is 0 Å². The van der Waals surface area contributed by atoms with Crippen molar-refractivity contribution in [2.24, 2.45) is 0 Å². The lowest BCUT2D eigenvalue weighted by molar-refractivity contribution is 0.0501. The van der Waals surface area contributed by atoms with Crippen LogP contribution in [0.4, 0.5) is 4.79 Å². The molecule has 28 heavy (non-hydrogen) atoms. The Morgan fingerprint density at radius 2 is 1.96 bits per heavy atom. The molecule has 1 aliphatic rings. The summed E-state index contributed by atoms with van der Waals surface area (Å²) >= 11 is 12.6. The molecule has 158 valence electrons. The fourth-order valence-corrected chi connectivity index (χ4v) is 4.18. The molecule has 2 amide bonds. The number of urea groups is 1. The number of nitrogens with zero attached hydrogens (tertiary/aromatic N) is 1. The molecule has 1 N–H and O–H groups in total. The predicted octanol–water partition coefficient (Wildman–Crippen LogP) is 5.06. The molecular formula is C19H30Cl2N2O4Si. The van der Waals surface area contributed by atoms with Gasteiger partial charge in [-0.05, 0) is 30.3 Å². The van der Waals surface area contributed by atoms with E-state index in [1.54, 1.807) is 24.1 Å². The summed E-state index contributed by atoms with van der Waals surface area (Å²) in [6, 6.07) is 2.92. The number of ether oxygens (including phenoxy) is 2. The molecule has 1 aromatic carbocycles. The number of hydrogen-bond donors (Lipinski definition) is 1. The maximum Gasteiger partial charge on any atom is 0.318 e. The quantitative estimate of drug-likeness (QED) is 0.445. The van der Waals surface area contributed by atoms with Gasteiger partial charge >= 0.3 is 6.03 Å². The first-order valence-electron chi connectivity index (χ1n) is 9.27. The highest BCUT2D eigenvalue weighted by Gasteiger charge is 2.38. The molecule has 0 aromatic heterocycles. The van der Waals surface area contributed by atoms with Gasteiger partial charge in [0.1, 0.15) is 5.75 Å². The fourth-order valence-electron chi connectivity index (χ4n) is 2.69. The van der Waals surface area contributed by atoms with E-state index in [1.165, 1.54) is 0 Å². The van der Waals surface area contributed by atoms with Gasteiger partial charge in [0.05, 0.1) is 22.7 Å². The van der Waals surface area contributed by atoms with Crippen molar-refractivity contribution in [3.8, 4) is 5.75 Å². The zero-order valence-corrected chi connectivity index (χ0v) is 19.9. The van der Waals surface area contributed by atoms with Gasteiger partial charge in [-0.25, -0.2) is 4.79 Å². The highest BCUT2D eigenvalue weighted by Crippen LogP contribution is 2.39. The van der Waals surface area contributed by atoms with E-state index in [9.17, 15) is 4.79 Å². The van der Waals surface area contributed by atoms with Gasteiger partial charge in [0.25, 0.3) is 0 Å². The summed E-state index contributed by atoms with van der Waals surface area (Å²) in [5, 5.41) is 3.88. The molecule has 0 bridgehead atoms. The number of carbonyl (C=O) groups is 1. The van der Waals surface area contributed by atoms with Crippen molar-refractivity contribution in [3.05, 3.63) is 27.7 Å². The smallest absolute Gasteiger partial charge is 0.318 e. The summed E-state index contributed by atoms with van der Waals surface area (Å²) in [5.41, 5.74) is 0.660. The Balaban J connectivity index is 2.08. The van der Waals surface area contributed by atoms with Crippen LogP contribution in [0.15, 0.2) is 12.1 Å². The molecule has 0 aliphatic carbocycles. The Morgan fingerprint density at radius 3 is 2.57 bits per heavy atom. The zero-order valence-electron chi connectivity index (χ0n) is 17.4. The van der Waals surface area contributed by atoms with E-state index in [-0.39, 0.29) is 23.9 Å². The van der Waals surface area contributed by atoms with Gasteiger partial charge in [0, 0.05) is 25.8 Å². The first-order chi connectivity index (χ1) is 13.0. The largest absolute Gasteiger partial charge is 0.467 e. The number of amides is 2. The highest BCUT2D eigenvalue weighted by atomic mass is 35.5. The monoisotopic (exact) mass is 448 g/mol.